The monoisotopic (exact) mass is 318 g/mol. The minimum Gasteiger partial charge on any atom is -0.328 e. The van der Waals surface area contributed by atoms with Gasteiger partial charge in [0.25, 0.3) is 0 Å². The van der Waals surface area contributed by atoms with Crippen LogP contribution in [-0.4, -0.2) is 16.0 Å². The van der Waals surface area contributed by atoms with Crippen molar-refractivity contribution in [1.29, 1.82) is 0 Å². The molecule has 1 aliphatic carbocycles. The van der Waals surface area contributed by atoms with E-state index in [9.17, 15) is 13.6 Å². The number of amides is 2. The predicted molar refractivity (Wildman–Crippen MR) is 80.7 cm³/mol. The number of hydrogen-bond acceptors (Lipinski definition) is 3. The lowest BCUT2D eigenvalue weighted by Crippen LogP contribution is -2.34. The highest BCUT2D eigenvalue weighted by Crippen LogP contribution is 2.39. The van der Waals surface area contributed by atoms with Crippen molar-refractivity contribution in [2.75, 3.05) is 5.32 Å². The largest absolute Gasteiger partial charge is 0.328 e. The van der Waals surface area contributed by atoms with Gasteiger partial charge in [0.1, 0.15) is 0 Å². The summed E-state index contributed by atoms with van der Waals surface area (Å²) in [7, 11) is 0. The zero-order chi connectivity index (χ0) is 16.4. The first-order chi connectivity index (χ1) is 11.0. The van der Waals surface area contributed by atoms with Crippen LogP contribution < -0.4 is 10.6 Å². The summed E-state index contributed by atoms with van der Waals surface area (Å²) in [6.07, 6.45) is 3.64. The van der Waals surface area contributed by atoms with Crippen molar-refractivity contribution in [2.24, 2.45) is 5.92 Å². The van der Waals surface area contributed by atoms with E-state index in [0.717, 1.165) is 30.7 Å². The van der Waals surface area contributed by atoms with E-state index in [1.807, 2.05) is 6.92 Å². The van der Waals surface area contributed by atoms with Gasteiger partial charge >= 0.3 is 6.03 Å². The Labute approximate surface area is 132 Å². The van der Waals surface area contributed by atoms with Gasteiger partial charge in [0.15, 0.2) is 17.5 Å². The van der Waals surface area contributed by atoms with Gasteiger partial charge in [-0.3, -0.25) is 0 Å². The number of carbonyl (C=O) groups excluding carboxylic acids is 1. The highest BCUT2D eigenvalue weighted by atomic mass is 19.2. The Balaban J connectivity index is 1.70. The molecule has 5 nitrogen and oxygen atoms in total. The van der Waals surface area contributed by atoms with E-state index >= 15 is 0 Å². The van der Waals surface area contributed by atoms with Crippen LogP contribution in [0.2, 0.25) is 0 Å². The highest BCUT2D eigenvalue weighted by molar-refractivity contribution is 5.89. The number of carbonyl (C=O) groups is 1. The number of rotatable bonds is 4. The maximum absolute atomic E-state index is 13.2. The SMILES string of the molecule is Cc1ccnc([C@@H](NC(=O)Nc2ccc(F)c(F)c2)C2CC2)n1. The molecule has 1 fully saturated rings. The number of hydrogen-bond donors (Lipinski definition) is 2. The molecule has 23 heavy (non-hydrogen) atoms. The number of halogens is 2. The molecule has 0 bridgehead atoms. The van der Waals surface area contributed by atoms with E-state index in [-0.39, 0.29) is 11.7 Å². The molecule has 120 valence electrons. The predicted octanol–water partition coefficient (Wildman–Crippen LogP) is 3.34. The fourth-order valence-corrected chi connectivity index (χ4v) is 2.32. The van der Waals surface area contributed by atoms with Crippen LogP contribution in [0, 0.1) is 24.5 Å². The maximum atomic E-state index is 13.2. The Morgan fingerprint density at radius 1 is 1.26 bits per heavy atom. The smallest absolute Gasteiger partial charge is 0.319 e. The van der Waals surface area contributed by atoms with Crippen LogP contribution in [0.3, 0.4) is 0 Å². The molecular weight excluding hydrogens is 302 g/mol. The standard InChI is InChI=1S/C16H16F2N4O/c1-9-6-7-19-15(20-9)14(10-2-3-10)22-16(23)21-11-4-5-12(17)13(18)8-11/h4-8,10,14H,2-3H2,1H3,(H2,21,22,23)/t14-/m0/s1. The second-order valence-electron chi connectivity index (χ2n) is 5.60. The van der Waals surface area contributed by atoms with Crippen LogP contribution in [0.25, 0.3) is 0 Å². The van der Waals surface area contributed by atoms with Crippen molar-refractivity contribution in [1.82, 2.24) is 15.3 Å². The quantitative estimate of drug-likeness (QED) is 0.908. The molecule has 1 aliphatic rings. The molecule has 2 amide bonds. The van der Waals surface area contributed by atoms with Crippen molar-refractivity contribution in [3.63, 3.8) is 0 Å². The summed E-state index contributed by atoms with van der Waals surface area (Å²) in [6.45, 7) is 1.86. The molecule has 3 rings (SSSR count). The lowest BCUT2D eigenvalue weighted by atomic mass is 10.1. The number of nitrogens with zero attached hydrogens (tertiary/aromatic N) is 2. The topological polar surface area (TPSA) is 66.9 Å². The minimum absolute atomic E-state index is 0.182. The first-order valence-electron chi connectivity index (χ1n) is 7.35. The van der Waals surface area contributed by atoms with Crippen LogP contribution >= 0.6 is 0 Å². The Morgan fingerprint density at radius 3 is 2.70 bits per heavy atom. The third kappa shape index (κ3) is 3.80. The summed E-state index contributed by atoms with van der Waals surface area (Å²) < 4.78 is 26.1. The van der Waals surface area contributed by atoms with Gasteiger partial charge in [-0.05, 0) is 43.9 Å². The molecule has 1 aromatic heterocycles. The van der Waals surface area contributed by atoms with Crippen molar-refractivity contribution in [3.8, 4) is 0 Å². The van der Waals surface area contributed by atoms with Gasteiger partial charge in [-0.15, -0.1) is 0 Å². The van der Waals surface area contributed by atoms with Crippen LogP contribution in [0.1, 0.15) is 30.4 Å². The van der Waals surface area contributed by atoms with Gasteiger partial charge in [-0.2, -0.15) is 0 Å². The van der Waals surface area contributed by atoms with Gasteiger partial charge < -0.3 is 10.6 Å². The second-order valence-corrected chi connectivity index (χ2v) is 5.60. The Morgan fingerprint density at radius 2 is 2.04 bits per heavy atom. The molecule has 0 unspecified atom stereocenters. The van der Waals surface area contributed by atoms with E-state index in [2.05, 4.69) is 20.6 Å². The summed E-state index contributed by atoms with van der Waals surface area (Å²) in [6, 6.07) is 4.19. The van der Waals surface area contributed by atoms with Crippen LogP contribution in [0.5, 0.6) is 0 Å². The molecule has 1 aromatic carbocycles. The molecular formula is C16H16F2N4O. The summed E-state index contributed by atoms with van der Waals surface area (Å²) in [5.41, 5.74) is 1.00. The van der Waals surface area contributed by atoms with Crippen molar-refractivity contribution in [2.45, 2.75) is 25.8 Å². The first-order valence-corrected chi connectivity index (χ1v) is 7.35. The maximum Gasteiger partial charge on any atom is 0.319 e. The molecule has 0 radical (unpaired) electrons. The third-order valence-corrected chi connectivity index (χ3v) is 3.65. The average molecular weight is 318 g/mol. The third-order valence-electron chi connectivity index (χ3n) is 3.65. The van der Waals surface area contributed by atoms with Crippen LogP contribution in [0.4, 0.5) is 19.3 Å². The fourth-order valence-electron chi connectivity index (χ4n) is 2.32. The van der Waals surface area contributed by atoms with E-state index in [4.69, 9.17) is 0 Å². The lowest BCUT2D eigenvalue weighted by Gasteiger charge is -2.17. The second kappa shape index (κ2) is 6.28. The number of nitrogens with one attached hydrogen (secondary N) is 2. The lowest BCUT2D eigenvalue weighted by molar-refractivity contribution is 0.246. The zero-order valence-electron chi connectivity index (χ0n) is 12.5. The van der Waals surface area contributed by atoms with E-state index < -0.39 is 17.7 Å². The fraction of sp³-hybridized carbons (Fsp3) is 0.312. The molecule has 1 atom stereocenters. The molecule has 0 saturated heterocycles. The number of urea groups is 1. The van der Waals surface area contributed by atoms with Crippen molar-refractivity contribution < 1.29 is 13.6 Å². The minimum atomic E-state index is -1.01. The van der Waals surface area contributed by atoms with E-state index in [1.165, 1.54) is 6.07 Å². The number of aromatic nitrogens is 2. The van der Waals surface area contributed by atoms with Gasteiger partial charge in [0.2, 0.25) is 0 Å². The Bertz CT molecular complexity index is 734. The van der Waals surface area contributed by atoms with Crippen molar-refractivity contribution >= 4 is 11.7 Å². The van der Waals surface area contributed by atoms with Gasteiger partial charge in [0.05, 0.1) is 6.04 Å². The molecule has 0 aliphatic heterocycles. The highest BCUT2D eigenvalue weighted by Gasteiger charge is 2.35. The summed E-state index contributed by atoms with van der Waals surface area (Å²) in [5, 5.41) is 5.31. The number of anilines is 1. The van der Waals surface area contributed by atoms with Gasteiger partial charge in [0, 0.05) is 23.6 Å². The molecule has 0 spiro atoms. The molecule has 1 saturated carbocycles. The summed E-state index contributed by atoms with van der Waals surface area (Å²) >= 11 is 0. The van der Waals surface area contributed by atoms with Gasteiger partial charge in [-0.1, -0.05) is 0 Å². The Hall–Kier alpha value is -2.57. The van der Waals surface area contributed by atoms with Crippen LogP contribution in [0.15, 0.2) is 30.5 Å². The zero-order valence-corrected chi connectivity index (χ0v) is 12.5. The average Bonchev–Trinajstić information content (AvgIpc) is 3.33. The number of aryl methyl sites for hydroxylation is 1. The summed E-state index contributed by atoms with van der Waals surface area (Å²) in [5.74, 6) is -1.11. The van der Waals surface area contributed by atoms with Gasteiger partial charge in [-0.25, -0.2) is 23.5 Å². The molecule has 1 heterocycles. The van der Waals surface area contributed by atoms with E-state index in [0.29, 0.717) is 11.7 Å². The van der Waals surface area contributed by atoms with E-state index in [1.54, 1.807) is 12.3 Å². The molecule has 2 N–H and O–H groups in total. The number of benzene rings is 1. The normalized spacial score (nSPS) is 15.1. The first kappa shape index (κ1) is 15.3. The molecule has 7 heteroatoms. The summed E-state index contributed by atoms with van der Waals surface area (Å²) in [4.78, 5) is 20.7. The Kier molecular flexibility index (Phi) is 4.18. The van der Waals surface area contributed by atoms with Crippen LogP contribution in [-0.2, 0) is 0 Å². The van der Waals surface area contributed by atoms with Crippen molar-refractivity contribution in [3.05, 3.63) is 53.6 Å². The molecule has 2 aromatic rings.